The van der Waals surface area contributed by atoms with Gasteiger partial charge in [0.1, 0.15) is 5.65 Å². The van der Waals surface area contributed by atoms with Crippen LogP contribution in [0.25, 0.3) is 44.0 Å². The third kappa shape index (κ3) is 3.64. The van der Waals surface area contributed by atoms with Crippen LogP contribution >= 0.6 is 0 Å². The number of nitrogens with zero attached hydrogens (tertiary/aromatic N) is 3. The molecule has 5 aromatic rings. The molecule has 1 fully saturated rings. The number of hydrogen-bond acceptors (Lipinski definition) is 5. The lowest BCUT2D eigenvalue weighted by Gasteiger charge is -2.39. The lowest BCUT2D eigenvalue weighted by molar-refractivity contribution is 0.146. The second-order valence-electron chi connectivity index (χ2n) is 9.64. The van der Waals surface area contributed by atoms with Crippen LogP contribution in [0.2, 0.25) is 0 Å². The first-order valence-corrected chi connectivity index (χ1v) is 13.4. The minimum atomic E-state index is -4.86. The average Bonchev–Trinajstić information content (AvgIpc) is 3.25. The molecule has 2 aromatic heterocycles. The van der Waals surface area contributed by atoms with E-state index in [1.165, 1.54) is 18.2 Å². The van der Waals surface area contributed by atoms with E-state index in [0.717, 1.165) is 40.6 Å². The summed E-state index contributed by atoms with van der Waals surface area (Å²) in [6.45, 7) is 3.56. The van der Waals surface area contributed by atoms with Crippen LogP contribution in [0.15, 0.2) is 64.3 Å². The molecule has 0 aliphatic carbocycles. The standard InChI is InChI=1S/C28H23FN4O3S/c1-3-17-11-23-25(12-22(17)18-5-4-6-20(10-18)37(29,35)36)33(19-14-32(2)15-19)28-26(27(23)34)21-8-7-16(13-30)9-24(21)31-28/h4-12,19,31H,3,14-15H2,1-2H3. The fourth-order valence-corrected chi connectivity index (χ4v) is 6.03. The summed E-state index contributed by atoms with van der Waals surface area (Å²) < 4.78 is 39.1. The molecule has 0 saturated carbocycles. The Labute approximate surface area is 212 Å². The Balaban J connectivity index is 1.73. The van der Waals surface area contributed by atoms with Crippen molar-refractivity contribution >= 4 is 43.1 Å². The molecule has 37 heavy (non-hydrogen) atoms. The van der Waals surface area contributed by atoms with Crippen molar-refractivity contribution in [3.63, 3.8) is 0 Å². The number of likely N-dealkylation sites (tertiary alicyclic amines) is 1. The van der Waals surface area contributed by atoms with Crippen LogP contribution in [-0.4, -0.2) is 43.0 Å². The zero-order valence-corrected chi connectivity index (χ0v) is 21.1. The molecule has 0 unspecified atom stereocenters. The van der Waals surface area contributed by atoms with Crippen LogP contribution in [-0.2, 0) is 16.6 Å². The van der Waals surface area contributed by atoms with E-state index in [1.54, 1.807) is 18.2 Å². The number of hydrogen-bond donors (Lipinski definition) is 1. The highest BCUT2D eigenvalue weighted by Gasteiger charge is 2.29. The summed E-state index contributed by atoms with van der Waals surface area (Å²) in [5.41, 5.74) is 4.72. The molecule has 1 aliphatic heterocycles. The Morgan fingerprint density at radius 2 is 1.89 bits per heavy atom. The smallest absolute Gasteiger partial charge is 0.332 e. The molecular weight excluding hydrogens is 491 g/mol. The summed E-state index contributed by atoms with van der Waals surface area (Å²) in [5, 5.41) is 11.3. The van der Waals surface area contributed by atoms with Crippen LogP contribution in [0.5, 0.6) is 0 Å². The van der Waals surface area contributed by atoms with Crippen molar-refractivity contribution in [1.29, 1.82) is 5.26 Å². The van der Waals surface area contributed by atoms with E-state index in [-0.39, 0.29) is 11.5 Å². The van der Waals surface area contributed by atoms with Crippen molar-refractivity contribution in [2.24, 2.45) is 0 Å². The number of nitrogens with one attached hydrogen (secondary N) is 1. The molecular formula is C28H23FN4O3S. The van der Waals surface area contributed by atoms with Gasteiger partial charge in [-0.2, -0.15) is 13.7 Å². The normalized spacial score (nSPS) is 14.9. The highest BCUT2D eigenvalue weighted by Crippen LogP contribution is 2.36. The highest BCUT2D eigenvalue weighted by atomic mass is 32.3. The zero-order chi connectivity index (χ0) is 26.1. The topological polar surface area (TPSA) is 99.0 Å². The van der Waals surface area contributed by atoms with Gasteiger partial charge in [-0.25, -0.2) is 0 Å². The number of halogens is 1. The fraction of sp³-hybridized carbons (Fsp3) is 0.214. The van der Waals surface area contributed by atoms with E-state index in [9.17, 15) is 22.4 Å². The average molecular weight is 515 g/mol. The molecule has 1 N–H and O–H groups in total. The molecule has 0 amide bonds. The molecule has 7 nitrogen and oxygen atoms in total. The maximum absolute atomic E-state index is 13.9. The van der Waals surface area contributed by atoms with Crippen LogP contribution < -0.4 is 5.43 Å². The molecule has 0 atom stereocenters. The monoisotopic (exact) mass is 514 g/mol. The van der Waals surface area contributed by atoms with Gasteiger partial charge >= 0.3 is 10.2 Å². The minimum Gasteiger partial charge on any atom is -0.340 e. The van der Waals surface area contributed by atoms with Gasteiger partial charge in [0.05, 0.1) is 33.5 Å². The first kappa shape index (κ1) is 23.4. The Hall–Kier alpha value is -4.00. The number of H-pyrrole nitrogens is 1. The zero-order valence-electron chi connectivity index (χ0n) is 20.2. The van der Waals surface area contributed by atoms with Crippen LogP contribution in [0.4, 0.5) is 3.89 Å². The molecule has 186 valence electrons. The van der Waals surface area contributed by atoms with Gasteiger partial charge in [-0.1, -0.05) is 25.1 Å². The summed E-state index contributed by atoms with van der Waals surface area (Å²) >= 11 is 0. The van der Waals surface area contributed by atoms with Crippen LogP contribution in [0.3, 0.4) is 0 Å². The van der Waals surface area contributed by atoms with Gasteiger partial charge in [-0.3, -0.25) is 4.79 Å². The van der Waals surface area contributed by atoms with Crippen molar-refractivity contribution in [3.05, 3.63) is 75.9 Å². The second kappa shape index (κ2) is 8.26. The summed E-state index contributed by atoms with van der Waals surface area (Å²) in [6, 6.07) is 17.2. The van der Waals surface area contributed by atoms with Gasteiger partial charge in [0.15, 0.2) is 5.43 Å². The van der Waals surface area contributed by atoms with Crippen LogP contribution in [0.1, 0.15) is 24.1 Å². The molecule has 3 heterocycles. The van der Waals surface area contributed by atoms with E-state index < -0.39 is 15.1 Å². The summed E-state index contributed by atoms with van der Waals surface area (Å²) in [6.07, 6.45) is 0.598. The van der Waals surface area contributed by atoms with Crippen molar-refractivity contribution < 1.29 is 12.3 Å². The number of nitriles is 1. The number of benzene rings is 3. The van der Waals surface area contributed by atoms with E-state index in [1.807, 2.05) is 32.2 Å². The maximum atomic E-state index is 13.9. The molecule has 0 bridgehead atoms. The Morgan fingerprint density at radius 3 is 2.57 bits per heavy atom. The lowest BCUT2D eigenvalue weighted by atomic mass is 9.94. The Bertz CT molecular complexity index is 1960. The predicted octanol–water partition coefficient (Wildman–Crippen LogP) is 4.88. The molecule has 1 aliphatic rings. The molecule has 9 heteroatoms. The number of fused-ring (bicyclic) bond motifs is 4. The van der Waals surface area contributed by atoms with Gasteiger partial charge < -0.3 is 14.5 Å². The van der Waals surface area contributed by atoms with Gasteiger partial charge in [0, 0.05) is 29.4 Å². The quantitative estimate of drug-likeness (QED) is 0.345. The summed E-state index contributed by atoms with van der Waals surface area (Å²) in [5.74, 6) is 0. The first-order chi connectivity index (χ1) is 17.7. The largest absolute Gasteiger partial charge is 0.340 e. The summed E-state index contributed by atoms with van der Waals surface area (Å²) in [7, 11) is -2.83. The third-order valence-corrected chi connectivity index (χ3v) is 8.14. The lowest BCUT2D eigenvalue weighted by Crippen LogP contribution is -2.45. The first-order valence-electron chi connectivity index (χ1n) is 12.0. The Morgan fingerprint density at radius 1 is 1.11 bits per heavy atom. The number of likely N-dealkylation sites (N-methyl/N-ethyl adjacent to an activating group) is 1. The molecule has 6 rings (SSSR count). The van der Waals surface area contributed by atoms with E-state index in [4.69, 9.17) is 0 Å². The number of rotatable bonds is 4. The SMILES string of the molecule is CCc1cc2c(=O)c3c4ccc(C#N)cc4[nH]c3n(C3CN(C)C3)c2cc1-c1cccc(S(=O)(=O)F)c1. The molecule has 0 radical (unpaired) electrons. The highest BCUT2D eigenvalue weighted by molar-refractivity contribution is 7.86. The Kier molecular flexibility index (Phi) is 5.23. The molecule has 1 saturated heterocycles. The van der Waals surface area contributed by atoms with Crippen molar-refractivity contribution in [1.82, 2.24) is 14.5 Å². The minimum absolute atomic E-state index is 0.105. The maximum Gasteiger partial charge on any atom is 0.332 e. The third-order valence-electron chi connectivity index (χ3n) is 7.32. The van der Waals surface area contributed by atoms with Gasteiger partial charge in [0.2, 0.25) is 0 Å². The molecule has 3 aromatic carbocycles. The molecule has 0 spiro atoms. The number of pyridine rings is 1. The number of aryl methyl sites for hydroxylation is 1. The van der Waals surface area contributed by atoms with Gasteiger partial charge in [0.25, 0.3) is 0 Å². The van der Waals surface area contributed by atoms with Gasteiger partial charge in [-0.15, -0.1) is 3.89 Å². The number of aromatic nitrogens is 2. The van der Waals surface area contributed by atoms with E-state index in [0.29, 0.717) is 34.0 Å². The van der Waals surface area contributed by atoms with Gasteiger partial charge in [-0.05, 0) is 66.6 Å². The van der Waals surface area contributed by atoms with Crippen molar-refractivity contribution in [3.8, 4) is 17.2 Å². The van der Waals surface area contributed by atoms with Crippen molar-refractivity contribution in [2.75, 3.05) is 20.1 Å². The van der Waals surface area contributed by atoms with Crippen LogP contribution in [0, 0.1) is 11.3 Å². The van der Waals surface area contributed by atoms with E-state index >= 15 is 0 Å². The fourth-order valence-electron chi connectivity index (χ4n) is 5.52. The summed E-state index contributed by atoms with van der Waals surface area (Å²) in [4.78, 5) is 19.1. The van der Waals surface area contributed by atoms with Crippen molar-refractivity contribution in [2.45, 2.75) is 24.3 Å². The van der Waals surface area contributed by atoms with E-state index in [2.05, 4.69) is 20.5 Å². The predicted molar refractivity (Wildman–Crippen MR) is 142 cm³/mol. The number of aromatic amines is 1. The second-order valence-corrected chi connectivity index (χ2v) is 11.0.